The van der Waals surface area contributed by atoms with E-state index in [1.54, 1.807) is 25.1 Å². The lowest BCUT2D eigenvalue weighted by Gasteiger charge is -2.24. The fourth-order valence-corrected chi connectivity index (χ4v) is 3.58. The number of carbonyl (C=O) groups is 1. The highest BCUT2D eigenvalue weighted by molar-refractivity contribution is 5.93. The van der Waals surface area contributed by atoms with E-state index in [9.17, 15) is 9.90 Å². The van der Waals surface area contributed by atoms with Gasteiger partial charge in [-0.1, -0.05) is 19.3 Å². The number of ether oxygens (including phenoxy) is 1. The molecular formula is C23H30N2O3. The zero-order chi connectivity index (χ0) is 20.3. The van der Waals surface area contributed by atoms with E-state index >= 15 is 0 Å². The summed E-state index contributed by atoms with van der Waals surface area (Å²) >= 11 is 0. The summed E-state index contributed by atoms with van der Waals surface area (Å²) in [4.78, 5) is 17.1. The molecular weight excluding hydrogens is 352 g/mol. The maximum Gasteiger partial charge on any atom is 0.334 e. The van der Waals surface area contributed by atoms with Gasteiger partial charge in [-0.15, -0.1) is 0 Å². The Kier molecular flexibility index (Phi) is 5.92. The summed E-state index contributed by atoms with van der Waals surface area (Å²) in [5.41, 5.74) is 1.71. The Morgan fingerprint density at radius 2 is 1.82 bits per heavy atom. The maximum atomic E-state index is 12.3. The minimum Gasteiger partial charge on any atom is -0.508 e. The van der Waals surface area contributed by atoms with Crippen LogP contribution < -0.4 is 0 Å². The molecule has 1 N–H and O–H groups in total. The third-order valence-electron chi connectivity index (χ3n) is 4.93. The topological polar surface area (TPSA) is 64.3 Å². The van der Waals surface area contributed by atoms with Crippen molar-refractivity contribution >= 4 is 12.0 Å². The number of benzene rings is 1. The molecule has 0 atom stereocenters. The highest BCUT2D eigenvalue weighted by Crippen LogP contribution is 2.33. The first kappa shape index (κ1) is 20.2. The number of imidazole rings is 1. The molecule has 1 aromatic heterocycles. The Labute approximate surface area is 167 Å². The summed E-state index contributed by atoms with van der Waals surface area (Å²) in [5, 5.41) is 9.61. The van der Waals surface area contributed by atoms with Crippen LogP contribution in [0.25, 0.3) is 17.5 Å². The molecule has 0 amide bonds. The van der Waals surface area contributed by atoms with Gasteiger partial charge in [0.1, 0.15) is 17.2 Å². The fourth-order valence-electron chi connectivity index (χ4n) is 3.58. The van der Waals surface area contributed by atoms with Gasteiger partial charge in [-0.25, -0.2) is 9.78 Å². The molecule has 28 heavy (non-hydrogen) atoms. The Morgan fingerprint density at radius 1 is 1.18 bits per heavy atom. The van der Waals surface area contributed by atoms with Crippen molar-refractivity contribution in [1.82, 2.24) is 9.55 Å². The molecule has 0 bridgehead atoms. The van der Waals surface area contributed by atoms with Crippen LogP contribution in [-0.4, -0.2) is 26.2 Å². The standard InChI is InChI=1S/C23H30N2O3/c1-16(22(27)28-23(2,3)4)14-18-15-25(19-8-6-5-7-9-19)21(24-18)17-10-12-20(26)13-11-17/h10-15,19,26H,5-9H2,1-4H3/b16-14+. The molecule has 1 aliphatic carbocycles. The van der Waals surface area contributed by atoms with Gasteiger partial charge in [0, 0.05) is 23.4 Å². The molecule has 1 fully saturated rings. The van der Waals surface area contributed by atoms with Crippen LogP contribution >= 0.6 is 0 Å². The smallest absolute Gasteiger partial charge is 0.334 e. The first-order valence-corrected chi connectivity index (χ1v) is 10.0. The summed E-state index contributed by atoms with van der Waals surface area (Å²) in [7, 11) is 0. The van der Waals surface area contributed by atoms with Crippen molar-refractivity contribution in [1.29, 1.82) is 0 Å². The van der Waals surface area contributed by atoms with E-state index in [0.717, 1.165) is 29.9 Å². The van der Waals surface area contributed by atoms with Crippen molar-refractivity contribution < 1.29 is 14.6 Å². The lowest BCUT2D eigenvalue weighted by Crippen LogP contribution is -2.24. The molecule has 3 rings (SSSR count). The molecule has 1 aliphatic rings. The van der Waals surface area contributed by atoms with Gasteiger partial charge >= 0.3 is 5.97 Å². The van der Waals surface area contributed by atoms with Crippen molar-refractivity contribution in [2.75, 3.05) is 0 Å². The molecule has 0 spiro atoms. The average Bonchev–Trinajstić information content (AvgIpc) is 3.05. The first-order valence-electron chi connectivity index (χ1n) is 10.0. The largest absolute Gasteiger partial charge is 0.508 e. The zero-order valence-electron chi connectivity index (χ0n) is 17.2. The number of aromatic nitrogens is 2. The highest BCUT2D eigenvalue weighted by atomic mass is 16.6. The van der Waals surface area contributed by atoms with E-state index in [-0.39, 0.29) is 11.7 Å². The van der Waals surface area contributed by atoms with Crippen LogP contribution in [0.4, 0.5) is 0 Å². The van der Waals surface area contributed by atoms with E-state index in [4.69, 9.17) is 9.72 Å². The van der Waals surface area contributed by atoms with Crippen LogP contribution in [0.15, 0.2) is 36.0 Å². The van der Waals surface area contributed by atoms with Crippen molar-refractivity contribution in [3.05, 3.63) is 41.7 Å². The molecule has 1 aromatic carbocycles. The van der Waals surface area contributed by atoms with E-state index in [1.807, 2.05) is 39.1 Å². The maximum absolute atomic E-state index is 12.3. The number of carbonyl (C=O) groups excluding carboxylic acids is 1. The third kappa shape index (κ3) is 5.03. The predicted octanol–water partition coefficient (Wildman–Crippen LogP) is 5.51. The second kappa shape index (κ2) is 8.21. The fraction of sp³-hybridized carbons (Fsp3) is 0.478. The van der Waals surface area contributed by atoms with E-state index in [2.05, 4.69) is 4.57 Å². The number of phenolic OH excluding ortho intramolecular Hbond substituents is 1. The number of phenols is 1. The van der Waals surface area contributed by atoms with E-state index in [0.29, 0.717) is 11.6 Å². The van der Waals surface area contributed by atoms with Gasteiger partial charge in [0.05, 0.1) is 5.69 Å². The average molecular weight is 383 g/mol. The highest BCUT2D eigenvalue weighted by Gasteiger charge is 2.21. The van der Waals surface area contributed by atoms with Gasteiger partial charge in [-0.2, -0.15) is 0 Å². The van der Waals surface area contributed by atoms with Crippen molar-refractivity contribution in [2.45, 2.75) is 71.4 Å². The second-order valence-corrected chi connectivity index (χ2v) is 8.56. The van der Waals surface area contributed by atoms with Crippen LogP contribution in [0, 0.1) is 0 Å². The van der Waals surface area contributed by atoms with Crippen LogP contribution in [-0.2, 0) is 9.53 Å². The Balaban J connectivity index is 1.95. The summed E-state index contributed by atoms with van der Waals surface area (Å²) in [6.07, 6.45) is 9.82. The van der Waals surface area contributed by atoms with Gasteiger partial charge in [0.15, 0.2) is 0 Å². The molecule has 150 valence electrons. The van der Waals surface area contributed by atoms with Gasteiger partial charge in [0.25, 0.3) is 0 Å². The van der Waals surface area contributed by atoms with Crippen LogP contribution in [0.5, 0.6) is 5.75 Å². The summed E-state index contributed by atoms with van der Waals surface area (Å²) in [6, 6.07) is 7.53. The minimum atomic E-state index is -0.523. The molecule has 0 saturated heterocycles. The normalized spacial score (nSPS) is 16.2. The lowest BCUT2D eigenvalue weighted by atomic mass is 9.95. The number of aromatic hydroxyl groups is 1. The Hall–Kier alpha value is -2.56. The third-order valence-corrected chi connectivity index (χ3v) is 4.93. The molecule has 5 heteroatoms. The molecule has 5 nitrogen and oxygen atoms in total. The molecule has 0 radical (unpaired) electrons. The lowest BCUT2D eigenvalue weighted by molar-refractivity contribution is -0.149. The van der Waals surface area contributed by atoms with Gasteiger partial charge in [0.2, 0.25) is 0 Å². The molecule has 0 aliphatic heterocycles. The van der Waals surface area contributed by atoms with E-state index < -0.39 is 5.60 Å². The number of rotatable bonds is 4. The number of hydrogen-bond acceptors (Lipinski definition) is 4. The van der Waals surface area contributed by atoms with Gasteiger partial charge in [-0.3, -0.25) is 0 Å². The van der Waals surface area contributed by atoms with Crippen LogP contribution in [0.3, 0.4) is 0 Å². The van der Waals surface area contributed by atoms with Crippen molar-refractivity contribution in [3.63, 3.8) is 0 Å². The molecule has 1 saturated carbocycles. The van der Waals surface area contributed by atoms with E-state index in [1.165, 1.54) is 19.3 Å². The molecule has 1 heterocycles. The Morgan fingerprint density at radius 3 is 2.43 bits per heavy atom. The SMILES string of the molecule is C/C(=C\c1cn(C2CCCCC2)c(-c2ccc(O)cc2)n1)C(=O)OC(C)(C)C. The van der Waals surface area contributed by atoms with Gasteiger partial charge in [-0.05, 0) is 70.9 Å². The summed E-state index contributed by atoms with van der Waals surface area (Å²) in [5.74, 6) is 0.779. The summed E-state index contributed by atoms with van der Waals surface area (Å²) < 4.78 is 7.69. The summed E-state index contributed by atoms with van der Waals surface area (Å²) in [6.45, 7) is 7.34. The van der Waals surface area contributed by atoms with Crippen molar-refractivity contribution in [2.24, 2.45) is 0 Å². The zero-order valence-corrected chi connectivity index (χ0v) is 17.2. The number of esters is 1. The minimum absolute atomic E-state index is 0.236. The van der Waals surface area contributed by atoms with Crippen molar-refractivity contribution in [3.8, 4) is 17.1 Å². The van der Waals surface area contributed by atoms with Crippen LogP contribution in [0.1, 0.15) is 71.5 Å². The molecule has 0 unspecified atom stereocenters. The molecule has 2 aromatic rings. The Bertz CT molecular complexity index is 851. The predicted molar refractivity (Wildman–Crippen MR) is 111 cm³/mol. The van der Waals surface area contributed by atoms with Crippen LogP contribution in [0.2, 0.25) is 0 Å². The van der Waals surface area contributed by atoms with Gasteiger partial charge < -0.3 is 14.4 Å². The number of hydrogen-bond donors (Lipinski definition) is 1. The quantitative estimate of drug-likeness (QED) is 0.560. The first-order chi connectivity index (χ1) is 13.2. The number of nitrogens with zero attached hydrogens (tertiary/aromatic N) is 2. The monoisotopic (exact) mass is 382 g/mol. The second-order valence-electron chi connectivity index (χ2n) is 8.56.